The molecule has 0 aliphatic heterocycles. The Kier molecular flexibility index (Phi) is 8.01. The summed E-state index contributed by atoms with van der Waals surface area (Å²) in [6.07, 6.45) is 12.2. The molecular formula is C17H34N2O2. The highest BCUT2D eigenvalue weighted by molar-refractivity contribution is 4.79. The third-order valence-corrected chi connectivity index (χ3v) is 5.23. The standard InChI is InChI=1S/C17H34N2O2/c1-20-16-8-4-14(5-9-16)18-12-3-13-19-15-6-10-17(21-2)11-7-15/h14-19H,3-13H2,1-2H3. The van der Waals surface area contributed by atoms with E-state index in [1.807, 2.05) is 14.2 Å². The van der Waals surface area contributed by atoms with Crippen LogP contribution < -0.4 is 10.6 Å². The van der Waals surface area contributed by atoms with Gasteiger partial charge in [-0.3, -0.25) is 0 Å². The van der Waals surface area contributed by atoms with Crippen LogP contribution in [-0.2, 0) is 9.47 Å². The van der Waals surface area contributed by atoms with Gasteiger partial charge in [-0.15, -0.1) is 0 Å². The molecule has 2 saturated carbocycles. The monoisotopic (exact) mass is 298 g/mol. The van der Waals surface area contributed by atoms with Crippen molar-refractivity contribution in [3.63, 3.8) is 0 Å². The maximum Gasteiger partial charge on any atom is 0.0572 e. The summed E-state index contributed by atoms with van der Waals surface area (Å²) in [5.74, 6) is 0. The third kappa shape index (κ3) is 6.23. The van der Waals surface area contributed by atoms with E-state index in [0.29, 0.717) is 24.3 Å². The molecule has 2 rings (SSSR count). The van der Waals surface area contributed by atoms with E-state index in [1.54, 1.807) is 0 Å². The molecule has 2 fully saturated rings. The maximum atomic E-state index is 5.42. The van der Waals surface area contributed by atoms with Crippen LogP contribution in [0.5, 0.6) is 0 Å². The van der Waals surface area contributed by atoms with Gasteiger partial charge >= 0.3 is 0 Å². The molecule has 0 aromatic heterocycles. The van der Waals surface area contributed by atoms with Crippen LogP contribution in [0.4, 0.5) is 0 Å². The number of hydrogen-bond acceptors (Lipinski definition) is 4. The Bertz CT molecular complexity index is 234. The minimum absolute atomic E-state index is 0.506. The van der Waals surface area contributed by atoms with Crippen molar-refractivity contribution >= 4 is 0 Å². The van der Waals surface area contributed by atoms with E-state index in [4.69, 9.17) is 9.47 Å². The van der Waals surface area contributed by atoms with Crippen LogP contribution in [0.1, 0.15) is 57.8 Å². The molecule has 4 heteroatoms. The molecule has 0 saturated heterocycles. The van der Waals surface area contributed by atoms with Crippen molar-refractivity contribution in [3.8, 4) is 0 Å². The Morgan fingerprint density at radius 3 is 1.38 bits per heavy atom. The summed E-state index contributed by atoms with van der Waals surface area (Å²) in [6, 6.07) is 1.43. The molecule has 2 N–H and O–H groups in total. The fourth-order valence-corrected chi connectivity index (χ4v) is 3.71. The van der Waals surface area contributed by atoms with E-state index in [0.717, 1.165) is 13.1 Å². The molecule has 0 aromatic carbocycles. The highest BCUT2D eigenvalue weighted by atomic mass is 16.5. The van der Waals surface area contributed by atoms with Crippen molar-refractivity contribution in [1.29, 1.82) is 0 Å². The molecule has 2 aliphatic carbocycles. The molecule has 0 amide bonds. The van der Waals surface area contributed by atoms with Crippen LogP contribution >= 0.6 is 0 Å². The van der Waals surface area contributed by atoms with Crippen molar-refractivity contribution < 1.29 is 9.47 Å². The fraction of sp³-hybridized carbons (Fsp3) is 1.00. The lowest BCUT2D eigenvalue weighted by Gasteiger charge is -2.29. The van der Waals surface area contributed by atoms with Crippen LogP contribution in [0, 0.1) is 0 Å². The normalized spacial score (nSPS) is 34.0. The van der Waals surface area contributed by atoms with Gasteiger partial charge in [0.05, 0.1) is 12.2 Å². The van der Waals surface area contributed by atoms with Gasteiger partial charge in [-0.25, -0.2) is 0 Å². The van der Waals surface area contributed by atoms with Crippen LogP contribution in [0.3, 0.4) is 0 Å². The first-order valence-corrected chi connectivity index (χ1v) is 8.84. The zero-order chi connectivity index (χ0) is 14.9. The number of methoxy groups -OCH3 is 2. The SMILES string of the molecule is COC1CCC(NCCCNC2CCC(OC)CC2)CC1. The Morgan fingerprint density at radius 1 is 0.667 bits per heavy atom. The van der Waals surface area contributed by atoms with Gasteiger partial charge in [0.2, 0.25) is 0 Å². The molecule has 4 nitrogen and oxygen atoms in total. The van der Waals surface area contributed by atoms with Gasteiger partial charge in [-0.2, -0.15) is 0 Å². The zero-order valence-electron chi connectivity index (χ0n) is 13.9. The molecule has 0 heterocycles. The van der Waals surface area contributed by atoms with Gasteiger partial charge < -0.3 is 20.1 Å². The second kappa shape index (κ2) is 9.78. The smallest absolute Gasteiger partial charge is 0.0572 e. The lowest BCUT2D eigenvalue weighted by Crippen LogP contribution is -2.38. The topological polar surface area (TPSA) is 42.5 Å². The second-order valence-corrected chi connectivity index (χ2v) is 6.68. The van der Waals surface area contributed by atoms with Crippen LogP contribution in [-0.4, -0.2) is 51.6 Å². The Balaban J connectivity index is 1.44. The summed E-state index contributed by atoms with van der Waals surface area (Å²) in [5, 5.41) is 7.41. The van der Waals surface area contributed by atoms with Crippen molar-refractivity contribution in [3.05, 3.63) is 0 Å². The largest absolute Gasteiger partial charge is 0.381 e. The van der Waals surface area contributed by atoms with Gasteiger partial charge in [-0.05, 0) is 70.9 Å². The first kappa shape index (κ1) is 17.2. The Morgan fingerprint density at radius 2 is 1.05 bits per heavy atom. The van der Waals surface area contributed by atoms with Crippen molar-refractivity contribution in [2.75, 3.05) is 27.3 Å². The summed E-state index contributed by atoms with van der Waals surface area (Å²) in [5.41, 5.74) is 0. The highest BCUT2D eigenvalue weighted by Crippen LogP contribution is 2.21. The molecule has 0 atom stereocenters. The van der Waals surface area contributed by atoms with E-state index < -0.39 is 0 Å². The van der Waals surface area contributed by atoms with Gasteiger partial charge in [0.1, 0.15) is 0 Å². The summed E-state index contributed by atoms with van der Waals surface area (Å²) < 4.78 is 10.8. The molecule has 0 radical (unpaired) electrons. The first-order chi connectivity index (χ1) is 10.3. The molecule has 0 spiro atoms. The molecule has 21 heavy (non-hydrogen) atoms. The fourth-order valence-electron chi connectivity index (χ4n) is 3.71. The van der Waals surface area contributed by atoms with Crippen LogP contribution in [0.25, 0.3) is 0 Å². The van der Waals surface area contributed by atoms with Crippen LogP contribution in [0.15, 0.2) is 0 Å². The quantitative estimate of drug-likeness (QED) is 0.676. The predicted octanol–water partition coefficient (Wildman–Crippen LogP) is 2.47. The van der Waals surface area contributed by atoms with E-state index in [2.05, 4.69) is 10.6 Å². The summed E-state index contributed by atoms with van der Waals surface area (Å²) in [6.45, 7) is 2.28. The van der Waals surface area contributed by atoms with Gasteiger partial charge in [0.15, 0.2) is 0 Å². The van der Waals surface area contributed by atoms with Crippen molar-refractivity contribution in [2.24, 2.45) is 0 Å². The zero-order valence-corrected chi connectivity index (χ0v) is 13.9. The molecular weight excluding hydrogens is 264 g/mol. The predicted molar refractivity (Wildman–Crippen MR) is 86.7 cm³/mol. The van der Waals surface area contributed by atoms with Gasteiger partial charge in [0.25, 0.3) is 0 Å². The molecule has 0 aromatic rings. The van der Waals surface area contributed by atoms with Crippen molar-refractivity contribution in [2.45, 2.75) is 82.1 Å². The Hall–Kier alpha value is -0.160. The number of hydrogen-bond donors (Lipinski definition) is 2. The number of nitrogens with one attached hydrogen (secondary N) is 2. The average molecular weight is 298 g/mol. The minimum atomic E-state index is 0.506. The van der Waals surface area contributed by atoms with Gasteiger partial charge in [-0.1, -0.05) is 0 Å². The molecule has 2 aliphatic rings. The lowest BCUT2D eigenvalue weighted by atomic mass is 9.92. The van der Waals surface area contributed by atoms with Crippen LogP contribution in [0.2, 0.25) is 0 Å². The lowest BCUT2D eigenvalue weighted by molar-refractivity contribution is 0.0618. The first-order valence-electron chi connectivity index (χ1n) is 8.84. The van der Waals surface area contributed by atoms with E-state index in [-0.39, 0.29) is 0 Å². The highest BCUT2D eigenvalue weighted by Gasteiger charge is 2.21. The average Bonchev–Trinajstić information content (AvgIpc) is 2.55. The number of rotatable bonds is 8. The summed E-state index contributed by atoms with van der Waals surface area (Å²) >= 11 is 0. The molecule has 0 bridgehead atoms. The molecule has 0 unspecified atom stereocenters. The van der Waals surface area contributed by atoms with Crippen molar-refractivity contribution in [1.82, 2.24) is 10.6 Å². The molecule has 124 valence electrons. The Labute approximate surface area is 130 Å². The van der Waals surface area contributed by atoms with E-state index >= 15 is 0 Å². The maximum absolute atomic E-state index is 5.42. The van der Waals surface area contributed by atoms with Gasteiger partial charge in [0, 0.05) is 26.3 Å². The van der Waals surface area contributed by atoms with E-state index in [9.17, 15) is 0 Å². The minimum Gasteiger partial charge on any atom is -0.381 e. The van der Waals surface area contributed by atoms with E-state index in [1.165, 1.54) is 57.8 Å². The summed E-state index contributed by atoms with van der Waals surface area (Å²) in [7, 11) is 3.67. The number of ether oxygens (including phenoxy) is 2. The second-order valence-electron chi connectivity index (χ2n) is 6.68. The summed E-state index contributed by atoms with van der Waals surface area (Å²) in [4.78, 5) is 0. The third-order valence-electron chi connectivity index (χ3n) is 5.23.